The summed E-state index contributed by atoms with van der Waals surface area (Å²) in [6.07, 6.45) is -1.54. The number of aromatic nitrogens is 3. The highest BCUT2D eigenvalue weighted by Crippen LogP contribution is 2.41. The zero-order valence-electron chi connectivity index (χ0n) is 22.2. The summed E-state index contributed by atoms with van der Waals surface area (Å²) in [5, 5.41) is 18.9. The lowest BCUT2D eigenvalue weighted by atomic mass is 10.1. The molecule has 5 rings (SSSR count). The first kappa shape index (κ1) is 28.1. The molecule has 1 heterocycles. The fraction of sp³-hybridized carbons (Fsp3) is 0.241. The SMILES string of the molecule is CCc1ccc(C)cc1NC(=N)OC(=S)NC1CC1c1ccc(-c2ncn(-c3ccc(OC(F)(F)F)cc3)n2)cc1. The highest BCUT2D eigenvalue weighted by molar-refractivity contribution is 7.80. The summed E-state index contributed by atoms with van der Waals surface area (Å²) in [7, 11) is 0. The zero-order chi connectivity index (χ0) is 29.1. The van der Waals surface area contributed by atoms with Crippen molar-refractivity contribution in [2.24, 2.45) is 0 Å². The summed E-state index contributed by atoms with van der Waals surface area (Å²) in [4.78, 5) is 4.33. The molecule has 1 saturated carbocycles. The van der Waals surface area contributed by atoms with Gasteiger partial charge in [-0.25, -0.2) is 9.67 Å². The molecule has 0 aliphatic heterocycles. The van der Waals surface area contributed by atoms with Gasteiger partial charge < -0.3 is 20.1 Å². The molecule has 3 N–H and O–H groups in total. The van der Waals surface area contributed by atoms with Crippen LogP contribution in [0.3, 0.4) is 0 Å². The van der Waals surface area contributed by atoms with Gasteiger partial charge in [0.2, 0.25) is 0 Å². The lowest BCUT2D eigenvalue weighted by Crippen LogP contribution is -2.31. The average Bonchev–Trinajstić information content (AvgIpc) is 3.49. The van der Waals surface area contributed by atoms with Gasteiger partial charge in [-0.05, 0) is 79.0 Å². The van der Waals surface area contributed by atoms with Gasteiger partial charge in [-0.15, -0.1) is 18.3 Å². The highest BCUT2D eigenvalue weighted by Gasteiger charge is 2.39. The van der Waals surface area contributed by atoms with Gasteiger partial charge in [-0.1, -0.05) is 43.3 Å². The molecular formula is C29H27F3N6O2S. The monoisotopic (exact) mass is 580 g/mol. The maximum absolute atomic E-state index is 12.4. The Morgan fingerprint density at radius 2 is 1.83 bits per heavy atom. The Kier molecular flexibility index (Phi) is 7.93. The summed E-state index contributed by atoms with van der Waals surface area (Å²) in [5.74, 6) is 0.428. The number of nitrogens with zero attached hydrogens (tertiary/aromatic N) is 3. The molecule has 1 aliphatic carbocycles. The molecule has 2 unspecified atom stereocenters. The number of amidine groups is 1. The third-order valence-electron chi connectivity index (χ3n) is 6.61. The fourth-order valence-electron chi connectivity index (χ4n) is 4.46. The predicted molar refractivity (Wildman–Crippen MR) is 153 cm³/mol. The molecule has 1 aliphatic rings. The molecule has 0 bridgehead atoms. The highest BCUT2D eigenvalue weighted by atomic mass is 32.1. The number of anilines is 1. The van der Waals surface area contributed by atoms with Crippen LogP contribution in [0.25, 0.3) is 17.1 Å². The molecule has 2 atom stereocenters. The maximum atomic E-state index is 12.4. The zero-order valence-corrected chi connectivity index (χ0v) is 23.0. The summed E-state index contributed by atoms with van der Waals surface area (Å²) in [5.41, 5.74) is 5.47. The summed E-state index contributed by atoms with van der Waals surface area (Å²) in [6, 6.07) is 19.2. The summed E-state index contributed by atoms with van der Waals surface area (Å²) in [6.45, 7) is 4.05. The maximum Gasteiger partial charge on any atom is 0.573 e. The van der Waals surface area contributed by atoms with Crippen LogP contribution >= 0.6 is 12.2 Å². The van der Waals surface area contributed by atoms with Gasteiger partial charge in [0.15, 0.2) is 5.82 Å². The van der Waals surface area contributed by atoms with Crippen molar-refractivity contribution < 1.29 is 22.6 Å². The molecule has 1 fully saturated rings. The van der Waals surface area contributed by atoms with E-state index in [2.05, 4.69) is 32.4 Å². The fourth-order valence-corrected chi connectivity index (χ4v) is 4.69. The van der Waals surface area contributed by atoms with E-state index in [-0.39, 0.29) is 28.9 Å². The van der Waals surface area contributed by atoms with E-state index in [1.807, 2.05) is 49.4 Å². The van der Waals surface area contributed by atoms with Gasteiger partial charge in [0.05, 0.1) is 5.69 Å². The van der Waals surface area contributed by atoms with Crippen molar-refractivity contribution in [1.82, 2.24) is 20.1 Å². The van der Waals surface area contributed by atoms with Crippen molar-refractivity contribution >= 4 is 29.1 Å². The summed E-state index contributed by atoms with van der Waals surface area (Å²) < 4.78 is 48.0. The first-order valence-corrected chi connectivity index (χ1v) is 13.3. The Labute approximate surface area is 240 Å². The number of halogens is 3. The van der Waals surface area contributed by atoms with E-state index in [4.69, 9.17) is 22.4 Å². The molecule has 0 amide bonds. The van der Waals surface area contributed by atoms with Gasteiger partial charge in [0.25, 0.3) is 11.2 Å². The van der Waals surface area contributed by atoms with Crippen LogP contribution in [0.2, 0.25) is 0 Å². The molecule has 0 radical (unpaired) electrons. The molecular weight excluding hydrogens is 553 g/mol. The molecule has 4 aromatic rings. The molecule has 12 heteroatoms. The second-order valence-corrected chi connectivity index (χ2v) is 10.00. The minimum absolute atomic E-state index is 0.105. The first-order valence-electron chi connectivity index (χ1n) is 12.9. The van der Waals surface area contributed by atoms with Crippen molar-refractivity contribution in [3.05, 3.63) is 89.7 Å². The average molecular weight is 581 g/mol. The van der Waals surface area contributed by atoms with Crippen LogP contribution in [0, 0.1) is 12.3 Å². The topological polar surface area (TPSA) is 97.1 Å². The van der Waals surface area contributed by atoms with E-state index in [1.165, 1.54) is 35.3 Å². The number of rotatable bonds is 7. The number of alkyl halides is 3. The third kappa shape index (κ3) is 7.20. The molecule has 0 spiro atoms. The van der Waals surface area contributed by atoms with E-state index in [1.54, 1.807) is 0 Å². The number of hydrogen-bond acceptors (Lipinski definition) is 6. The standard InChI is InChI=1S/C29H27F3N6O2S/c1-3-18-5-4-17(2)14-24(18)35-27(33)39-28(41)36-25-15-23(25)19-6-8-20(9-7-19)26-34-16-38(37-26)21-10-12-22(13-11-21)40-29(30,31)32/h4-14,16,23,25H,3,15H2,1-2H3,(H2,33,35)(H,36,41). The molecule has 8 nitrogen and oxygen atoms in total. The van der Waals surface area contributed by atoms with Crippen molar-refractivity contribution in [3.63, 3.8) is 0 Å². The Morgan fingerprint density at radius 3 is 2.51 bits per heavy atom. The van der Waals surface area contributed by atoms with E-state index < -0.39 is 6.36 Å². The van der Waals surface area contributed by atoms with Crippen LogP contribution in [0.15, 0.2) is 73.1 Å². The van der Waals surface area contributed by atoms with Crippen LogP contribution < -0.4 is 15.4 Å². The largest absolute Gasteiger partial charge is 0.573 e. The number of aryl methyl sites for hydroxylation is 2. The van der Waals surface area contributed by atoms with Gasteiger partial charge in [0, 0.05) is 23.2 Å². The molecule has 1 aromatic heterocycles. The van der Waals surface area contributed by atoms with Crippen molar-refractivity contribution in [2.45, 2.75) is 45.0 Å². The van der Waals surface area contributed by atoms with Gasteiger partial charge >= 0.3 is 6.36 Å². The Balaban J connectivity index is 1.13. The van der Waals surface area contributed by atoms with E-state index >= 15 is 0 Å². The quantitative estimate of drug-likeness (QED) is 0.131. The van der Waals surface area contributed by atoms with E-state index in [9.17, 15) is 13.2 Å². The summed E-state index contributed by atoms with van der Waals surface area (Å²) >= 11 is 5.32. The first-order chi connectivity index (χ1) is 19.6. The van der Waals surface area contributed by atoms with Crippen molar-refractivity contribution in [2.75, 3.05) is 5.32 Å². The second-order valence-electron chi connectivity index (χ2n) is 9.63. The van der Waals surface area contributed by atoms with Crippen LogP contribution in [-0.4, -0.2) is 38.4 Å². The van der Waals surface area contributed by atoms with Crippen LogP contribution in [0.4, 0.5) is 18.9 Å². The van der Waals surface area contributed by atoms with Crippen molar-refractivity contribution in [3.8, 4) is 22.8 Å². The molecule has 212 valence electrons. The Bertz CT molecular complexity index is 1550. The van der Waals surface area contributed by atoms with E-state index in [0.717, 1.165) is 40.8 Å². The lowest BCUT2D eigenvalue weighted by molar-refractivity contribution is -0.274. The van der Waals surface area contributed by atoms with Crippen LogP contribution in [0.5, 0.6) is 5.75 Å². The molecule has 41 heavy (non-hydrogen) atoms. The van der Waals surface area contributed by atoms with E-state index in [0.29, 0.717) is 11.5 Å². The number of benzene rings is 3. The molecule has 0 saturated heterocycles. The number of nitrogens with one attached hydrogen (secondary N) is 3. The number of hydrogen-bond donors (Lipinski definition) is 3. The minimum Gasteiger partial charge on any atom is -0.406 e. The number of ether oxygens (including phenoxy) is 2. The molecule has 3 aromatic carbocycles. The van der Waals surface area contributed by atoms with Crippen LogP contribution in [0.1, 0.15) is 36.0 Å². The number of thiocarbonyl (C=S) groups is 1. The van der Waals surface area contributed by atoms with Gasteiger partial charge in [0.1, 0.15) is 12.1 Å². The lowest BCUT2D eigenvalue weighted by Gasteiger charge is -2.14. The normalized spacial score (nSPS) is 16.1. The third-order valence-corrected chi connectivity index (χ3v) is 6.81. The van der Waals surface area contributed by atoms with Crippen molar-refractivity contribution in [1.29, 1.82) is 5.41 Å². The second kappa shape index (κ2) is 11.6. The Morgan fingerprint density at radius 1 is 1.10 bits per heavy atom. The smallest absolute Gasteiger partial charge is 0.406 e. The van der Waals surface area contributed by atoms with Gasteiger partial charge in [-0.3, -0.25) is 5.41 Å². The Hall–Kier alpha value is -4.45. The van der Waals surface area contributed by atoms with Crippen LogP contribution in [-0.2, 0) is 11.2 Å². The van der Waals surface area contributed by atoms with Gasteiger partial charge in [-0.2, -0.15) is 0 Å². The minimum atomic E-state index is -4.74. The predicted octanol–water partition coefficient (Wildman–Crippen LogP) is 6.50.